The number of rotatable bonds is 1. The summed E-state index contributed by atoms with van der Waals surface area (Å²) in [5.74, 6) is 0.799. The van der Waals surface area contributed by atoms with Crippen LogP contribution >= 0.6 is 0 Å². The van der Waals surface area contributed by atoms with Gasteiger partial charge >= 0.3 is 0 Å². The molecule has 0 unspecified atom stereocenters. The summed E-state index contributed by atoms with van der Waals surface area (Å²) in [4.78, 5) is 7.62. The molecule has 2 aromatic heterocycles. The molecule has 72 valence electrons. The van der Waals surface area contributed by atoms with Gasteiger partial charge in [0.05, 0.1) is 13.3 Å². The van der Waals surface area contributed by atoms with E-state index in [0.717, 1.165) is 5.75 Å². The molecule has 2 heterocycles. The summed E-state index contributed by atoms with van der Waals surface area (Å²) in [6, 6.07) is 9.40. The highest BCUT2D eigenvalue weighted by molar-refractivity contribution is 5.14. The highest BCUT2D eigenvalue weighted by Gasteiger charge is 1.81. The average molecular weight is 188 g/mol. The molecule has 0 aliphatic heterocycles. The topological polar surface area (TPSA) is 35.0 Å². The van der Waals surface area contributed by atoms with E-state index < -0.39 is 0 Å². The van der Waals surface area contributed by atoms with Crippen LogP contribution in [-0.4, -0.2) is 17.1 Å². The second-order valence-corrected chi connectivity index (χ2v) is 2.42. The number of ether oxygens (including phenoxy) is 1. The minimum Gasteiger partial charge on any atom is -0.495 e. The Balaban J connectivity index is 0.000000146. The van der Waals surface area contributed by atoms with E-state index in [1.54, 1.807) is 31.9 Å². The third-order valence-corrected chi connectivity index (χ3v) is 1.44. The lowest BCUT2D eigenvalue weighted by molar-refractivity contribution is 0.413. The first kappa shape index (κ1) is 10.2. The summed E-state index contributed by atoms with van der Waals surface area (Å²) in [5, 5.41) is 0. The maximum Gasteiger partial charge on any atom is 0.137 e. The minimum atomic E-state index is 0.799. The van der Waals surface area contributed by atoms with Crippen molar-refractivity contribution >= 4 is 0 Å². The number of nitrogens with zero attached hydrogens (tertiary/aromatic N) is 2. The van der Waals surface area contributed by atoms with Crippen LogP contribution in [0.5, 0.6) is 5.75 Å². The zero-order valence-electron chi connectivity index (χ0n) is 8.00. The molecule has 0 saturated heterocycles. The van der Waals surface area contributed by atoms with Gasteiger partial charge in [-0.2, -0.15) is 0 Å². The van der Waals surface area contributed by atoms with E-state index in [2.05, 4.69) is 9.97 Å². The molecule has 0 aromatic carbocycles. The van der Waals surface area contributed by atoms with E-state index in [1.165, 1.54) is 0 Å². The lowest BCUT2D eigenvalue weighted by Gasteiger charge is -1.93. The van der Waals surface area contributed by atoms with Crippen LogP contribution in [0.2, 0.25) is 0 Å². The smallest absolute Gasteiger partial charge is 0.137 e. The Morgan fingerprint density at radius 1 is 0.929 bits per heavy atom. The molecule has 0 amide bonds. The number of pyridine rings is 2. The Morgan fingerprint density at radius 3 is 1.93 bits per heavy atom. The SMILES string of the molecule is COc1cccnc1.c1ccncc1. The lowest BCUT2D eigenvalue weighted by Crippen LogP contribution is -1.80. The molecule has 0 aliphatic carbocycles. The Labute approximate surface area is 83.4 Å². The van der Waals surface area contributed by atoms with Crippen LogP contribution in [0.25, 0.3) is 0 Å². The summed E-state index contributed by atoms with van der Waals surface area (Å²) in [6.45, 7) is 0. The fraction of sp³-hybridized carbons (Fsp3) is 0.0909. The summed E-state index contributed by atoms with van der Waals surface area (Å²) in [7, 11) is 1.62. The number of aromatic nitrogens is 2. The molecule has 0 spiro atoms. The molecule has 2 aromatic rings. The first-order valence-electron chi connectivity index (χ1n) is 4.22. The van der Waals surface area contributed by atoms with E-state index in [1.807, 2.05) is 30.3 Å². The molecule has 0 bridgehead atoms. The predicted molar refractivity (Wildman–Crippen MR) is 55.0 cm³/mol. The zero-order chi connectivity index (χ0) is 10.1. The van der Waals surface area contributed by atoms with Crippen LogP contribution in [-0.2, 0) is 0 Å². The van der Waals surface area contributed by atoms with Gasteiger partial charge in [-0.15, -0.1) is 0 Å². The molecule has 0 N–H and O–H groups in total. The average Bonchev–Trinajstić information content (AvgIpc) is 2.33. The first-order chi connectivity index (χ1) is 6.93. The van der Waals surface area contributed by atoms with Gasteiger partial charge in [0.2, 0.25) is 0 Å². The van der Waals surface area contributed by atoms with E-state index >= 15 is 0 Å². The molecular weight excluding hydrogens is 176 g/mol. The Bertz CT molecular complexity index is 297. The van der Waals surface area contributed by atoms with E-state index in [0.29, 0.717) is 0 Å². The van der Waals surface area contributed by atoms with Crippen LogP contribution in [0.3, 0.4) is 0 Å². The predicted octanol–water partition coefficient (Wildman–Crippen LogP) is 2.17. The summed E-state index contributed by atoms with van der Waals surface area (Å²) in [6.07, 6.45) is 6.88. The van der Waals surface area contributed by atoms with E-state index in [-0.39, 0.29) is 0 Å². The molecule has 0 saturated carbocycles. The lowest BCUT2D eigenvalue weighted by atomic mass is 10.5. The van der Waals surface area contributed by atoms with Crippen LogP contribution in [0.15, 0.2) is 55.1 Å². The second-order valence-electron chi connectivity index (χ2n) is 2.42. The normalized spacial score (nSPS) is 8.36. The molecule has 0 atom stereocenters. The summed E-state index contributed by atoms with van der Waals surface area (Å²) < 4.78 is 4.85. The molecule has 3 nitrogen and oxygen atoms in total. The van der Waals surface area contributed by atoms with Gasteiger partial charge in [-0.1, -0.05) is 6.07 Å². The van der Waals surface area contributed by atoms with E-state index in [4.69, 9.17) is 4.74 Å². The van der Waals surface area contributed by atoms with Gasteiger partial charge < -0.3 is 4.74 Å². The van der Waals surface area contributed by atoms with Crippen molar-refractivity contribution < 1.29 is 4.74 Å². The second kappa shape index (κ2) is 6.60. The first-order valence-corrected chi connectivity index (χ1v) is 4.22. The Kier molecular flexibility index (Phi) is 4.80. The quantitative estimate of drug-likeness (QED) is 0.688. The van der Waals surface area contributed by atoms with Crippen LogP contribution in [0.1, 0.15) is 0 Å². The maximum absolute atomic E-state index is 4.85. The van der Waals surface area contributed by atoms with Gasteiger partial charge in [-0.25, -0.2) is 0 Å². The monoisotopic (exact) mass is 188 g/mol. The molecule has 14 heavy (non-hydrogen) atoms. The highest BCUT2D eigenvalue weighted by Crippen LogP contribution is 2.02. The molecular formula is C11H12N2O. The fourth-order valence-corrected chi connectivity index (χ4v) is 0.780. The van der Waals surface area contributed by atoms with Gasteiger partial charge in [-0.05, 0) is 24.3 Å². The maximum atomic E-state index is 4.85. The number of methoxy groups -OCH3 is 1. The van der Waals surface area contributed by atoms with Gasteiger partial charge in [0, 0.05) is 18.6 Å². The molecule has 3 heteroatoms. The molecule has 2 rings (SSSR count). The molecule has 0 radical (unpaired) electrons. The standard InChI is InChI=1S/C6H7NO.C5H5N/c1-8-6-3-2-4-7-5-6;1-2-4-6-5-3-1/h2-5H,1H3;1-5H. The summed E-state index contributed by atoms with van der Waals surface area (Å²) >= 11 is 0. The minimum absolute atomic E-state index is 0.799. The number of hydrogen-bond donors (Lipinski definition) is 0. The summed E-state index contributed by atoms with van der Waals surface area (Å²) in [5.41, 5.74) is 0. The van der Waals surface area contributed by atoms with Crippen molar-refractivity contribution in [3.05, 3.63) is 55.1 Å². The van der Waals surface area contributed by atoms with Crippen LogP contribution < -0.4 is 4.74 Å². The van der Waals surface area contributed by atoms with Gasteiger partial charge in [0.1, 0.15) is 5.75 Å². The van der Waals surface area contributed by atoms with Crippen molar-refractivity contribution in [2.24, 2.45) is 0 Å². The third kappa shape index (κ3) is 4.21. The van der Waals surface area contributed by atoms with E-state index in [9.17, 15) is 0 Å². The third-order valence-electron chi connectivity index (χ3n) is 1.44. The number of hydrogen-bond acceptors (Lipinski definition) is 3. The zero-order valence-corrected chi connectivity index (χ0v) is 8.00. The van der Waals surface area contributed by atoms with Crippen LogP contribution in [0.4, 0.5) is 0 Å². The van der Waals surface area contributed by atoms with Crippen molar-refractivity contribution in [1.29, 1.82) is 0 Å². The van der Waals surface area contributed by atoms with Crippen LogP contribution in [0, 0.1) is 0 Å². The van der Waals surface area contributed by atoms with Crippen molar-refractivity contribution in [3.8, 4) is 5.75 Å². The van der Waals surface area contributed by atoms with Gasteiger partial charge in [0.15, 0.2) is 0 Å². The highest BCUT2D eigenvalue weighted by atomic mass is 16.5. The molecule has 0 aliphatic rings. The van der Waals surface area contributed by atoms with Crippen molar-refractivity contribution in [3.63, 3.8) is 0 Å². The van der Waals surface area contributed by atoms with Gasteiger partial charge in [-0.3, -0.25) is 9.97 Å². The molecule has 0 fully saturated rings. The fourth-order valence-electron chi connectivity index (χ4n) is 0.780. The van der Waals surface area contributed by atoms with Crippen molar-refractivity contribution in [2.45, 2.75) is 0 Å². The largest absolute Gasteiger partial charge is 0.495 e. The Hall–Kier alpha value is -1.90. The van der Waals surface area contributed by atoms with Gasteiger partial charge in [0.25, 0.3) is 0 Å². The van der Waals surface area contributed by atoms with Crippen molar-refractivity contribution in [2.75, 3.05) is 7.11 Å². The Morgan fingerprint density at radius 2 is 1.64 bits per heavy atom. The van der Waals surface area contributed by atoms with Crippen molar-refractivity contribution in [1.82, 2.24) is 9.97 Å².